The summed E-state index contributed by atoms with van der Waals surface area (Å²) in [6.45, 7) is 2.34. The topological polar surface area (TPSA) is 49.4 Å². The summed E-state index contributed by atoms with van der Waals surface area (Å²) in [6, 6.07) is 15.9. The van der Waals surface area contributed by atoms with Crippen LogP contribution in [0, 0.1) is 0 Å². The molecule has 136 valence electrons. The minimum atomic E-state index is -0.561. The molecule has 0 bridgehead atoms. The van der Waals surface area contributed by atoms with Crippen molar-refractivity contribution in [2.45, 2.75) is 45.2 Å². The Kier molecular flexibility index (Phi) is 5.71. The Bertz CT molecular complexity index is 786. The molecule has 26 heavy (non-hydrogen) atoms. The third-order valence-electron chi connectivity index (χ3n) is 5.02. The van der Waals surface area contributed by atoms with Crippen LogP contribution in [0.4, 0.5) is 0 Å². The maximum Gasteiger partial charge on any atom is 0.311 e. The molecule has 0 radical (unpaired) electrons. The number of carbonyl (C=O) groups excluding carboxylic acids is 2. The van der Waals surface area contributed by atoms with Crippen LogP contribution in [0.1, 0.15) is 48.1 Å². The lowest BCUT2D eigenvalue weighted by Gasteiger charge is -2.21. The molecular formula is C22H26N2O2. The highest BCUT2D eigenvalue weighted by Gasteiger charge is 2.21. The van der Waals surface area contributed by atoms with Gasteiger partial charge in [-0.2, -0.15) is 0 Å². The first-order chi connectivity index (χ1) is 12.5. The van der Waals surface area contributed by atoms with Gasteiger partial charge in [0.05, 0.1) is 6.04 Å². The van der Waals surface area contributed by atoms with Gasteiger partial charge in [0, 0.05) is 13.6 Å². The fraction of sp³-hybridized carbons (Fsp3) is 0.364. The van der Waals surface area contributed by atoms with E-state index in [9.17, 15) is 9.59 Å². The molecule has 1 N–H and O–H groups in total. The second-order valence-corrected chi connectivity index (χ2v) is 7.08. The lowest BCUT2D eigenvalue weighted by Crippen LogP contribution is -2.41. The van der Waals surface area contributed by atoms with Crippen molar-refractivity contribution < 1.29 is 9.59 Å². The first-order valence-electron chi connectivity index (χ1n) is 9.26. The molecule has 1 atom stereocenters. The molecule has 4 nitrogen and oxygen atoms in total. The quantitative estimate of drug-likeness (QED) is 0.859. The Labute approximate surface area is 155 Å². The Balaban J connectivity index is 1.60. The number of likely N-dealkylation sites (N-methyl/N-ethyl adjacent to an activating group) is 1. The van der Waals surface area contributed by atoms with E-state index in [4.69, 9.17) is 0 Å². The molecule has 0 fully saturated rings. The van der Waals surface area contributed by atoms with E-state index in [1.165, 1.54) is 28.9 Å². The van der Waals surface area contributed by atoms with Crippen LogP contribution in [0.15, 0.2) is 48.5 Å². The first-order valence-corrected chi connectivity index (χ1v) is 9.26. The number of nitrogens with zero attached hydrogens (tertiary/aromatic N) is 1. The third-order valence-corrected chi connectivity index (χ3v) is 5.02. The lowest BCUT2D eigenvalue weighted by atomic mass is 9.89. The van der Waals surface area contributed by atoms with Crippen molar-refractivity contribution in [2.75, 3.05) is 7.05 Å². The summed E-state index contributed by atoms with van der Waals surface area (Å²) in [6.07, 6.45) is 4.71. The highest BCUT2D eigenvalue weighted by molar-refractivity contribution is 6.34. The number of benzene rings is 2. The highest BCUT2D eigenvalue weighted by Crippen LogP contribution is 2.24. The van der Waals surface area contributed by atoms with Gasteiger partial charge in [-0.15, -0.1) is 0 Å². The van der Waals surface area contributed by atoms with Crippen LogP contribution in [0.3, 0.4) is 0 Å². The summed E-state index contributed by atoms with van der Waals surface area (Å²) in [7, 11) is 1.65. The Hall–Kier alpha value is -2.62. The maximum absolute atomic E-state index is 12.4. The summed E-state index contributed by atoms with van der Waals surface area (Å²) in [5.74, 6) is -1.08. The Morgan fingerprint density at radius 3 is 2.46 bits per heavy atom. The molecule has 4 heteroatoms. The molecule has 3 rings (SSSR count). The normalized spacial score (nSPS) is 14.2. The summed E-state index contributed by atoms with van der Waals surface area (Å²) >= 11 is 0. The number of fused-ring (bicyclic) bond motifs is 1. The second-order valence-electron chi connectivity index (χ2n) is 7.08. The van der Waals surface area contributed by atoms with Gasteiger partial charge in [-0.1, -0.05) is 48.5 Å². The SMILES string of the molecule is CC(NC(=O)C(=O)N(C)Cc1ccccc1)c1ccc2c(c1)CCCC2. The smallest absolute Gasteiger partial charge is 0.311 e. The number of amides is 2. The Morgan fingerprint density at radius 1 is 1.04 bits per heavy atom. The van der Waals surface area contributed by atoms with Crippen molar-refractivity contribution >= 4 is 11.8 Å². The number of nitrogens with one attached hydrogen (secondary N) is 1. The van der Waals surface area contributed by atoms with Crippen LogP contribution in [-0.4, -0.2) is 23.8 Å². The number of aryl methyl sites for hydroxylation is 2. The van der Waals surface area contributed by atoms with E-state index < -0.39 is 11.8 Å². The number of hydrogen-bond acceptors (Lipinski definition) is 2. The van der Waals surface area contributed by atoms with Crippen LogP contribution in [0.25, 0.3) is 0 Å². The van der Waals surface area contributed by atoms with E-state index in [0.717, 1.165) is 24.0 Å². The molecule has 1 unspecified atom stereocenters. The van der Waals surface area contributed by atoms with Crippen LogP contribution < -0.4 is 5.32 Å². The fourth-order valence-corrected chi connectivity index (χ4v) is 3.47. The van der Waals surface area contributed by atoms with Gasteiger partial charge in [0.2, 0.25) is 0 Å². The lowest BCUT2D eigenvalue weighted by molar-refractivity contribution is -0.145. The Morgan fingerprint density at radius 2 is 1.73 bits per heavy atom. The first kappa shape index (κ1) is 18.2. The average molecular weight is 350 g/mol. The van der Waals surface area contributed by atoms with Gasteiger partial charge in [0.1, 0.15) is 0 Å². The standard InChI is InChI=1S/C22H26N2O2/c1-16(19-13-12-18-10-6-7-11-20(18)14-19)23-21(25)22(26)24(2)15-17-8-4-3-5-9-17/h3-5,8-9,12-14,16H,6-7,10-11,15H2,1-2H3,(H,23,25). The third kappa shape index (κ3) is 4.31. The number of rotatable bonds is 4. The van der Waals surface area contributed by atoms with Crippen LogP contribution >= 0.6 is 0 Å². The predicted molar refractivity (Wildman–Crippen MR) is 103 cm³/mol. The van der Waals surface area contributed by atoms with Gasteiger partial charge in [-0.05, 0) is 54.9 Å². The summed E-state index contributed by atoms with van der Waals surface area (Å²) in [5.41, 5.74) is 4.84. The molecule has 2 aromatic carbocycles. The van der Waals surface area contributed by atoms with Gasteiger partial charge in [0.25, 0.3) is 0 Å². The van der Waals surface area contributed by atoms with Crippen LogP contribution in [0.2, 0.25) is 0 Å². The van der Waals surface area contributed by atoms with Crippen molar-refractivity contribution in [1.29, 1.82) is 0 Å². The minimum Gasteiger partial charge on any atom is -0.341 e. The zero-order valence-electron chi connectivity index (χ0n) is 15.5. The predicted octanol–water partition coefficient (Wildman–Crippen LogP) is 3.40. The van der Waals surface area contributed by atoms with E-state index in [-0.39, 0.29) is 6.04 Å². The van der Waals surface area contributed by atoms with E-state index in [1.807, 2.05) is 37.3 Å². The fourth-order valence-electron chi connectivity index (χ4n) is 3.47. The molecule has 0 aliphatic heterocycles. The molecule has 0 saturated carbocycles. The summed E-state index contributed by atoms with van der Waals surface area (Å²) in [5, 5.41) is 2.84. The maximum atomic E-state index is 12.4. The van der Waals surface area contributed by atoms with E-state index in [0.29, 0.717) is 6.54 Å². The highest BCUT2D eigenvalue weighted by atomic mass is 16.2. The van der Waals surface area contributed by atoms with Crippen molar-refractivity contribution in [2.24, 2.45) is 0 Å². The van der Waals surface area contributed by atoms with Crippen LogP contribution in [-0.2, 0) is 29.0 Å². The van der Waals surface area contributed by atoms with Crippen molar-refractivity contribution in [3.8, 4) is 0 Å². The van der Waals surface area contributed by atoms with Crippen LogP contribution in [0.5, 0.6) is 0 Å². The monoisotopic (exact) mass is 350 g/mol. The molecule has 0 saturated heterocycles. The summed E-state index contributed by atoms with van der Waals surface area (Å²) < 4.78 is 0. The van der Waals surface area contributed by atoms with E-state index in [1.54, 1.807) is 7.05 Å². The molecule has 0 heterocycles. The van der Waals surface area contributed by atoms with E-state index in [2.05, 4.69) is 23.5 Å². The molecule has 2 aromatic rings. The zero-order valence-corrected chi connectivity index (χ0v) is 15.5. The number of carbonyl (C=O) groups is 2. The molecular weight excluding hydrogens is 324 g/mol. The minimum absolute atomic E-state index is 0.191. The van der Waals surface area contributed by atoms with Gasteiger partial charge in [0.15, 0.2) is 0 Å². The second kappa shape index (κ2) is 8.17. The average Bonchev–Trinajstić information content (AvgIpc) is 2.67. The van der Waals surface area contributed by atoms with Crippen molar-refractivity contribution in [3.63, 3.8) is 0 Å². The zero-order chi connectivity index (χ0) is 18.5. The molecule has 0 aromatic heterocycles. The van der Waals surface area contributed by atoms with E-state index >= 15 is 0 Å². The molecule has 1 aliphatic carbocycles. The summed E-state index contributed by atoms with van der Waals surface area (Å²) in [4.78, 5) is 26.2. The molecule has 1 aliphatic rings. The van der Waals surface area contributed by atoms with Crippen molar-refractivity contribution in [1.82, 2.24) is 10.2 Å². The van der Waals surface area contributed by atoms with Gasteiger partial charge in [-0.25, -0.2) is 0 Å². The van der Waals surface area contributed by atoms with Gasteiger partial charge < -0.3 is 10.2 Å². The molecule has 0 spiro atoms. The largest absolute Gasteiger partial charge is 0.341 e. The van der Waals surface area contributed by atoms with Gasteiger partial charge in [-0.3, -0.25) is 9.59 Å². The van der Waals surface area contributed by atoms with Crippen molar-refractivity contribution in [3.05, 3.63) is 70.8 Å². The van der Waals surface area contributed by atoms with Gasteiger partial charge >= 0.3 is 11.8 Å². The molecule has 2 amide bonds. The number of hydrogen-bond donors (Lipinski definition) is 1.